The lowest BCUT2D eigenvalue weighted by Gasteiger charge is -2.27. The van der Waals surface area contributed by atoms with Gasteiger partial charge in [-0.1, -0.05) is 121 Å². The van der Waals surface area contributed by atoms with Crippen molar-refractivity contribution in [2.75, 3.05) is 9.80 Å². The van der Waals surface area contributed by atoms with E-state index in [9.17, 15) is 19.2 Å². The number of rotatable bonds is 4. The van der Waals surface area contributed by atoms with Crippen molar-refractivity contribution < 1.29 is 19.2 Å². The Labute approximate surface area is 320 Å². The van der Waals surface area contributed by atoms with Crippen molar-refractivity contribution in [1.29, 1.82) is 0 Å². The third kappa shape index (κ3) is 4.44. The number of benzene rings is 9. The summed E-state index contributed by atoms with van der Waals surface area (Å²) in [7, 11) is 0. The smallest absolute Gasteiger partial charge is 0.265 e. The number of carbonyl (C=O) groups is 4. The predicted molar refractivity (Wildman–Crippen MR) is 223 cm³/mol. The third-order valence-corrected chi connectivity index (χ3v) is 11.3. The first-order chi connectivity index (χ1) is 27.5. The Morgan fingerprint density at radius 2 is 0.571 bits per heavy atom. The highest BCUT2D eigenvalue weighted by Crippen LogP contribution is 2.45. The molecule has 2 heterocycles. The van der Waals surface area contributed by atoms with Crippen LogP contribution in [0.4, 0.5) is 11.4 Å². The molecule has 0 unspecified atom stereocenters. The number of anilines is 2. The normalized spacial score (nSPS) is 13.8. The quantitative estimate of drug-likeness (QED) is 0.134. The van der Waals surface area contributed by atoms with E-state index in [-0.39, 0.29) is 23.6 Å². The molecule has 2 aliphatic rings. The predicted octanol–water partition coefficient (Wildman–Crippen LogP) is 11.2. The Morgan fingerprint density at radius 1 is 0.286 bits per heavy atom. The maximum atomic E-state index is 13.8. The van der Waals surface area contributed by atoms with Crippen molar-refractivity contribution in [3.05, 3.63) is 192 Å². The Bertz CT molecular complexity index is 2840. The van der Waals surface area contributed by atoms with Gasteiger partial charge in [-0.25, -0.2) is 9.80 Å². The first-order valence-electron chi connectivity index (χ1n) is 18.4. The lowest BCUT2D eigenvalue weighted by Crippen LogP contribution is -2.40. The molecule has 0 saturated carbocycles. The second kappa shape index (κ2) is 11.9. The maximum Gasteiger partial charge on any atom is 0.265 e. The molecule has 0 spiro atoms. The van der Waals surface area contributed by atoms with Crippen LogP contribution in [0.3, 0.4) is 0 Å². The van der Waals surface area contributed by atoms with E-state index in [4.69, 9.17) is 0 Å². The fourth-order valence-corrected chi connectivity index (χ4v) is 8.83. The first kappa shape index (κ1) is 31.8. The summed E-state index contributed by atoms with van der Waals surface area (Å²) in [5.74, 6) is -1.35. The summed E-state index contributed by atoms with van der Waals surface area (Å²) < 4.78 is 0. The number of carbonyl (C=O) groups excluding carboxylic acids is 4. The molecule has 0 radical (unpaired) electrons. The van der Waals surface area contributed by atoms with Crippen LogP contribution in [-0.4, -0.2) is 23.6 Å². The topological polar surface area (TPSA) is 74.8 Å². The minimum Gasteiger partial charge on any atom is -0.268 e. The number of fused-ring (bicyclic) bond motifs is 2. The standard InChI is InChI=1S/C50H28N2O4/c53-47-39-17-5-9-29-10-6-18-40(45(29)39)48(54)51(47)33-25-21-31(22-26-33)43-35-13-1-2-14-36(35)44(38-16-4-3-15-37(38)43)32-23-27-34(28-24-32)52-49(55)41-19-7-11-30-12-8-20-42(46(30)41)50(52)56/h1-28H. The van der Waals surface area contributed by atoms with Crippen molar-refractivity contribution in [2.24, 2.45) is 0 Å². The van der Waals surface area contributed by atoms with E-state index in [2.05, 4.69) is 24.3 Å². The molecule has 4 amide bonds. The van der Waals surface area contributed by atoms with Crippen LogP contribution in [0.15, 0.2) is 170 Å². The van der Waals surface area contributed by atoms with Crippen molar-refractivity contribution in [1.82, 2.24) is 0 Å². The molecule has 0 atom stereocenters. The zero-order valence-corrected chi connectivity index (χ0v) is 29.7. The van der Waals surface area contributed by atoms with E-state index in [1.165, 1.54) is 9.80 Å². The van der Waals surface area contributed by atoms with Gasteiger partial charge in [0.15, 0.2) is 0 Å². The van der Waals surface area contributed by atoms with Crippen LogP contribution in [0, 0.1) is 0 Å². The van der Waals surface area contributed by atoms with Gasteiger partial charge in [-0.15, -0.1) is 0 Å². The molecule has 0 bridgehead atoms. The molecule has 0 aliphatic carbocycles. The van der Waals surface area contributed by atoms with Crippen LogP contribution < -0.4 is 9.80 Å². The van der Waals surface area contributed by atoms with Crippen molar-refractivity contribution in [3.8, 4) is 22.3 Å². The molecule has 0 fully saturated rings. The number of amides is 4. The Kier molecular flexibility index (Phi) is 6.76. The molecule has 11 rings (SSSR count). The molecule has 0 aromatic heterocycles. The summed E-state index contributed by atoms with van der Waals surface area (Å²) in [4.78, 5) is 57.7. The summed E-state index contributed by atoms with van der Waals surface area (Å²) in [6.07, 6.45) is 0. The Balaban J connectivity index is 0.997. The maximum absolute atomic E-state index is 13.8. The summed E-state index contributed by atoms with van der Waals surface area (Å²) in [6, 6.07) is 54.0. The number of hydrogen-bond acceptors (Lipinski definition) is 4. The van der Waals surface area contributed by atoms with E-state index in [0.29, 0.717) is 44.4 Å². The zero-order valence-electron chi connectivity index (χ0n) is 29.7. The van der Waals surface area contributed by atoms with E-state index >= 15 is 0 Å². The summed E-state index contributed by atoms with van der Waals surface area (Å²) in [5, 5.41) is 7.28. The highest BCUT2D eigenvalue weighted by molar-refractivity contribution is 6.37. The Morgan fingerprint density at radius 3 is 0.857 bits per heavy atom. The van der Waals surface area contributed by atoms with Crippen molar-refractivity contribution in [3.63, 3.8) is 0 Å². The molecule has 262 valence electrons. The summed E-state index contributed by atoms with van der Waals surface area (Å²) >= 11 is 0. The van der Waals surface area contributed by atoms with Gasteiger partial charge >= 0.3 is 0 Å². The molecule has 6 heteroatoms. The minimum atomic E-state index is -0.338. The fraction of sp³-hybridized carbons (Fsp3) is 0. The molecule has 56 heavy (non-hydrogen) atoms. The average Bonchev–Trinajstić information content (AvgIpc) is 3.24. The van der Waals surface area contributed by atoms with Crippen LogP contribution in [-0.2, 0) is 0 Å². The van der Waals surface area contributed by atoms with E-state index < -0.39 is 0 Å². The van der Waals surface area contributed by atoms with E-state index in [1.807, 2.05) is 121 Å². The highest BCUT2D eigenvalue weighted by Gasteiger charge is 2.35. The molecule has 0 N–H and O–H groups in total. The lowest BCUT2D eigenvalue weighted by atomic mass is 9.86. The minimum absolute atomic E-state index is 0.338. The highest BCUT2D eigenvalue weighted by atomic mass is 16.2. The van der Waals surface area contributed by atoms with Gasteiger partial charge in [0.05, 0.1) is 11.4 Å². The van der Waals surface area contributed by atoms with Crippen LogP contribution in [0.25, 0.3) is 65.3 Å². The van der Waals surface area contributed by atoms with Gasteiger partial charge in [0.25, 0.3) is 23.6 Å². The number of hydrogen-bond donors (Lipinski definition) is 0. The van der Waals surface area contributed by atoms with Gasteiger partial charge < -0.3 is 0 Å². The van der Waals surface area contributed by atoms with E-state index in [1.54, 1.807) is 24.3 Å². The third-order valence-electron chi connectivity index (χ3n) is 11.3. The molecule has 6 nitrogen and oxygen atoms in total. The average molecular weight is 721 g/mol. The largest absolute Gasteiger partial charge is 0.268 e. The van der Waals surface area contributed by atoms with Crippen LogP contribution in [0.5, 0.6) is 0 Å². The van der Waals surface area contributed by atoms with Gasteiger partial charge in [-0.3, -0.25) is 19.2 Å². The monoisotopic (exact) mass is 720 g/mol. The molecule has 0 saturated heterocycles. The van der Waals surface area contributed by atoms with E-state index in [0.717, 1.165) is 54.6 Å². The molecule has 9 aromatic rings. The van der Waals surface area contributed by atoms with Crippen LogP contribution in [0.1, 0.15) is 41.4 Å². The van der Waals surface area contributed by atoms with Gasteiger partial charge in [0.1, 0.15) is 0 Å². The van der Waals surface area contributed by atoms with Gasteiger partial charge in [0, 0.05) is 33.0 Å². The number of nitrogens with zero attached hydrogens (tertiary/aromatic N) is 2. The fourth-order valence-electron chi connectivity index (χ4n) is 8.83. The SMILES string of the molecule is O=C1c2cccc3cccc(c23)C(=O)N1c1ccc(-c2c3ccccc3c(-c3ccc(N4C(=O)c5cccc6cccc(c56)C4=O)cc3)c3ccccc23)cc1. The van der Waals surface area contributed by atoms with Gasteiger partial charge in [0.2, 0.25) is 0 Å². The van der Waals surface area contributed by atoms with Crippen molar-refractivity contribution in [2.45, 2.75) is 0 Å². The zero-order chi connectivity index (χ0) is 37.7. The molecule has 9 aromatic carbocycles. The number of imide groups is 2. The van der Waals surface area contributed by atoms with Crippen LogP contribution >= 0.6 is 0 Å². The second-order valence-corrected chi connectivity index (χ2v) is 14.2. The van der Waals surface area contributed by atoms with Crippen molar-refractivity contribution >= 4 is 78.1 Å². The Hall–Kier alpha value is -7.70. The molecule has 2 aliphatic heterocycles. The molecular formula is C50H28N2O4. The summed E-state index contributed by atoms with van der Waals surface area (Å²) in [5.41, 5.74) is 7.02. The van der Waals surface area contributed by atoms with Gasteiger partial charge in [-0.2, -0.15) is 0 Å². The van der Waals surface area contributed by atoms with Crippen LogP contribution in [0.2, 0.25) is 0 Å². The van der Waals surface area contributed by atoms with Gasteiger partial charge in [-0.05, 0) is 103 Å². The first-order valence-corrected chi connectivity index (χ1v) is 18.4. The second-order valence-electron chi connectivity index (χ2n) is 14.2. The summed E-state index contributed by atoms with van der Waals surface area (Å²) in [6.45, 7) is 0. The lowest BCUT2D eigenvalue weighted by molar-refractivity contribution is 0.0877. The molecular weight excluding hydrogens is 693 g/mol.